The van der Waals surface area contributed by atoms with Gasteiger partial charge < -0.3 is 5.32 Å². The number of rotatable bonds is 6. The van der Waals surface area contributed by atoms with E-state index in [2.05, 4.69) is 57.3 Å². The maximum atomic E-state index is 3.55. The van der Waals surface area contributed by atoms with Gasteiger partial charge in [-0.1, -0.05) is 43.7 Å². The van der Waals surface area contributed by atoms with Crippen LogP contribution in [0.25, 0.3) is 0 Å². The Bertz CT molecular complexity index is 306. The van der Waals surface area contributed by atoms with Gasteiger partial charge in [0.1, 0.15) is 0 Å². The Balaban J connectivity index is 2.48. The molecular weight excluding hydrogens is 194 g/mol. The second-order valence-electron chi connectivity index (χ2n) is 4.91. The van der Waals surface area contributed by atoms with Crippen LogP contribution in [0.1, 0.15) is 50.7 Å². The molecule has 2 unspecified atom stereocenters. The van der Waals surface area contributed by atoms with Gasteiger partial charge in [-0.15, -0.1) is 0 Å². The van der Waals surface area contributed by atoms with Gasteiger partial charge in [0.15, 0.2) is 0 Å². The lowest BCUT2D eigenvalue weighted by Gasteiger charge is -2.19. The predicted octanol–water partition coefficient (Wildman–Crippen LogP) is 3.88. The fourth-order valence-electron chi connectivity index (χ4n) is 2.12. The first-order valence-electron chi connectivity index (χ1n) is 6.43. The number of aryl methyl sites for hydroxylation is 1. The van der Waals surface area contributed by atoms with Crippen molar-refractivity contribution < 1.29 is 0 Å². The van der Waals surface area contributed by atoms with Gasteiger partial charge >= 0.3 is 0 Å². The lowest BCUT2D eigenvalue weighted by Crippen LogP contribution is -2.28. The van der Waals surface area contributed by atoms with E-state index in [0.717, 1.165) is 6.54 Å². The summed E-state index contributed by atoms with van der Waals surface area (Å²) in [7, 11) is 0. The lowest BCUT2D eigenvalue weighted by atomic mass is 9.93. The van der Waals surface area contributed by atoms with E-state index >= 15 is 0 Å². The van der Waals surface area contributed by atoms with Crippen LogP contribution in [-0.4, -0.2) is 12.6 Å². The Labute approximate surface area is 100 Å². The maximum Gasteiger partial charge on any atom is 0.00444 e. The van der Waals surface area contributed by atoms with Crippen LogP contribution in [0.4, 0.5) is 0 Å². The van der Waals surface area contributed by atoms with Gasteiger partial charge in [-0.3, -0.25) is 0 Å². The molecule has 1 N–H and O–H groups in total. The third kappa shape index (κ3) is 4.36. The van der Waals surface area contributed by atoms with Crippen LogP contribution >= 0.6 is 0 Å². The first-order chi connectivity index (χ1) is 7.63. The van der Waals surface area contributed by atoms with Crippen molar-refractivity contribution in [1.29, 1.82) is 0 Å². The van der Waals surface area contributed by atoms with Crippen molar-refractivity contribution in [2.45, 2.75) is 52.5 Å². The van der Waals surface area contributed by atoms with Crippen molar-refractivity contribution in [3.05, 3.63) is 35.4 Å². The van der Waals surface area contributed by atoms with E-state index in [-0.39, 0.29) is 0 Å². The highest BCUT2D eigenvalue weighted by Crippen LogP contribution is 2.21. The van der Waals surface area contributed by atoms with Crippen molar-refractivity contribution in [3.8, 4) is 0 Å². The molecule has 2 atom stereocenters. The standard InChI is InChI=1S/C15H25N/c1-5-9-16-14(4)11-13(3)15-8-6-7-12(2)10-15/h6-8,10,13-14,16H,5,9,11H2,1-4H3. The van der Waals surface area contributed by atoms with E-state index < -0.39 is 0 Å². The Hall–Kier alpha value is -0.820. The lowest BCUT2D eigenvalue weighted by molar-refractivity contribution is 0.479. The summed E-state index contributed by atoms with van der Waals surface area (Å²) >= 11 is 0. The summed E-state index contributed by atoms with van der Waals surface area (Å²) in [5.74, 6) is 0.638. The summed E-state index contributed by atoms with van der Waals surface area (Å²) < 4.78 is 0. The van der Waals surface area contributed by atoms with E-state index in [1.165, 1.54) is 24.0 Å². The smallest absolute Gasteiger partial charge is 0.00444 e. The third-order valence-corrected chi connectivity index (χ3v) is 3.06. The van der Waals surface area contributed by atoms with Crippen LogP contribution in [0, 0.1) is 6.92 Å². The Morgan fingerprint density at radius 3 is 2.62 bits per heavy atom. The normalized spacial score (nSPS) is 14.8. The Morgan fingerprint density at radius 2 is 2.00 bits per heavy atom. The van der Waals surface area contributed by atoms with E-state index in [4.69, 9.17) is 0 Å². The molecular formula is C15H25N. The predicted molar refractivity (Wildman–Crippen MR) is 72.0 cm³/mol. The summed E-state index contributed by atoms with van der Waals surface area (Å²) in [6.07, 6.45) is 2.42. The molecule has 0 aromatic heterocycles. The molecule has 0 amide bonds. The average molecular weight is 219 g/mol. The van der Waals surface area contributed by atoms with Crippen molar-refractivity contribution in [3.63, 3.8) is 0 Å². The molecule has 16 heavy (non-hydrogen) atoms. The zero-order valence-corrected chi connectivity index (χ0v) is 11.1. The molecule has 0 spiro atoms. The van der Waals surface area contributed by atoms with E-state index in [1.54, 1.807) is 0 Å². The summed E-state index contributed by atoms with van der Waals surface area (Å²) in [5, 5.41) is 3.55. The van der Waals surface area contributed by atoms with E-state index in [9.17, 15) is 0 Å². The zero-order valence-electron chi connectivity index (χ0n) is 11.1. The van der Waals surface area contributed by atoms with Crippen molar-refractivity contribution in [2.75, 3.05) is 6.54 Å². The maximum absolute atomic E-state index is 3.55. The molecule has 0 heterocycles. The molecule has 0 fully saturated rings. The Kier molecular flexibility index (Phi) is 5.54. The molecule has 1 aromatic carbocycles. The van der Waals surface area contributed by atoms with Crippen LogP contribution in [-0.2, 0) is 0 Å². The van der Waals surface area contributed by atoms with Gasteiger partial charge in [0.05, 0.1) is 0 Å². The second-order valence-corrected chi connectivity index (χ2v) is 4.91. The second kappa shape index (κ2) is 6.70. The molecule has 1 rings (SSSR count). The fourth-order valence-corrected chi connectivity index (χ4v) is 2.12. The van der Waals surface area contributed by atoms with Gasteiger partial charge in [0, 0.05) is 6.04 Å². The number of nitrogens with one attached hydrogen (secondary N) is 1. The van der Waals surface area contributed by atoms with Crippen LogP contribution in [0.5, 0.6) is 0 Å². The SMILES string of the molecule is CCCNC(C)CC(C)c1cccc(C)c1. The summed E-state index contributed by atoms with van der Waals surface area (Å²) in [4.78, 5) is 0. The van der Waals surface area contributed by atoms with Gasteiger partial charge in [-0.05, 0) is 44.7 Å². The quantitative estimate of drug-likeness (QED) is 0.765. The molecule has 0 radical (unpaired) electrons. The molecule has 0 aliphatic carbocycles. The van der Waals surface area contributed by atoms with Crippen molar-refractivity contribution in [1.82, 2.24) is 5.32 Å². The number of benzene rings is 1. The number of hydrogen-bond donors (Lipinski definition) is 1. The van der Waals surface area contributed by atoms with E-state index in [0.29, 0.717) is 12.0 Å². The molecule has 90 valence electrons. The molecule has 1 nitrogen and oxygen atoms in total. The van der Waals surface area contributed by atoms with Crippen molar-refractivity contribution >= 4 is 0 Å². The van der Waals surface area contributed by atoms with Gasteiger partial charge in [-0.2, -0.15) is 0 Å². The van der Waals surface area contributed by atoms with Crippen LogP contribution < -0.4 is 5.32 Å². The molecule has 1 aromatic rings. The highest BCUT2D eigenvalue weighted by molar-refractivity contribution is 5.25. The van der Waals surface area contributed by atoms with Gasteiger partial charge in [0.25, 0.3) is 0 Å². The minimum Gasteiger partial charge on any atom is -0.314 e. The number of hydrogen-bond acceptors (Lipinski definition) is 1. The fraction of sp³-hybridized carbons (Fsp3) is 0.600. The Morgan fingerprint density at radius 1 is 1.25 bits per heavy atom. The monoisotopic (exact) mass is 219 g/mol. The van der Waals surface area contributed by atoms with Crippen molar-refractivity contribution in [2.24, 2.45) is 0 Å². The summed E-state index contributed by atoms with van der Waals surface area (Å²) in [6.45, 7) is 10.1. The zero-order chi connectivity index (χ0) is 12.0. The van der Waals surface area contributed by atoms with Crippen LogP contribution in [0.2, 0.25) is 0 Å². The summed E-state index contributed by atoms with van der Waals surface area (Å²) in [6, 6.07) is 9.47. The molecule has 1 heteroatoms. The largest absolute Gasteiger partial charge is 0.314 e. The van der Waals surface area contributed by atoms with Gasteiger partial charge in [0.2, 0.25) is 0 Å². The minimum absolute atomic E-state index is 0.607. The highest BCUT2D eigenvalue weighted by atomic mass is 14.9. The van der Waals surface area contributed by atoms with E-state index in [1.807, 2.05) is 0 Å². The first-order valence-corrected chi connectivity index (χ1v) is 6.43. The topological polar surface area (TPSA) is 12.0 Å². The average Bonchev–Trinajstić information content (AvgIpc) is 2.26. The first kappa shape index (κ1) is 13.2. The third-order valence-electron chi connectivity index (χ3n) is 3.06. The minimum atomic E-state index is 0.607. The molecule has 0 saturated carbocycles. The van der Waals surface area contributed by atoms with Crippen LogP contribution in [0.15, 0.2) is 24.3 Å². The van der Waals surface area contributed by atoms with Gasteiger partial charge in [-0.25, -0.2) is 0 Å². The molecule has 0 aliphatic heterocycles. The molecule has 0 saturated heterocycles. The summed E-state index contributed by atoms with van der Waals surface area (Å²) in [5.41, 5.74) is 2.82. The van der Waals surface area contributed by atoms with Crippen LogP contribution in [0.3, 0.4) is 0 Å². The molecule has 0 bridgehead atoms. The highest BCUT2D eigenvalue weighted by Gasteiger charge is 2.09. The molecule has 0 aliphatic rings.